The van der Waals surface area contributed by atoms with Crippen molar-refractivity contribution in [1.29, 1.82) is 0 Å². The Morgan fingerprint density at radius 3 is 2.79 bits per heavy atom. The fraction of sp³-hybridized carbons (Fsp3) is 0.692. The van der Waals surface area contributed by atoms with Gasteiger partial charge in [0.05, 0.1) is 12.2 Å². The van der Waals surface area contributed by atoms with Gasteiger partial charge in [0, 0.05) is 24.4 Å². The first-order chi connectivity index (χ1) is 8.80. The third-order valence-corrected chi connectivity index (χ3v) is 4.05. The van der Waals surface area contributed by atoms with Gasteiger partial charge < -0.3 is 10.1 Å². The molecule has 0 unspecified atom stereocenters. The predicted octanol–water partition coefficient (Wildman–Crippen LogP) is 2.87. The smallest absolute Gasteiger partial charge is 0.410 e. The highest BCUT2D eigenvalue weighted by Crippen LogP contribution is 2.31. The van der Waals surface area contributed by atoms with Crippen molar-refractivity contribution in [2.24, 2.45) is 0 Å². The number of rotatable bonds is 1. The summed E-state index contributed by atoms with van der Waals surface area (Å²) in [6.45, 7) is 8.28. The van der Waals surface area contributed by atoms with Crippen LogP contribution in [0.5, 0.6) is 0 Å². The van der Waals surface area contributed by atoms with E-state index in [1.165, 1.54) is 0 Å². The molecule has 106 valence electrons. The normalized spacial score (nSPS) is 19.0. The van der Waals surface area contributed by atoms with Crippen molar-refractivity contribution in [3.05, 3.63) is 10.6 Å². The lowest BCUT2D eigenvalue weighted by Gasteiger charge is -2.34. The monoisotopic (exact) mass is 283 g/mol. The van der Waals surface area contributed by atoms with Crippen molar-refractivity contribution >= 4 is 22.6 Å². The van der Waals surface area contributed by atoms with Crippen LogP contribution in [0.3, 0.4) is 0 Å². The Kier molecular flexibility index (Phi) is 3.71. The molecule has 0 aliphatic carbocycles. The predicted molar refractivity (Wildman–Crippen MR) is 76.6 cm³/mol. The van der Waals surface area contributed by atoms with Gasteiger partial charge in [-0.25, -0.2) is 9.78 Å². The third kappa shape index (κ3) is 3.18. The number of amides is 1. The van der Waals surface area contributed by atoms with Crippen molar-refractivity contribution in [1.82, 2.24) is 9.88 Å². The molecule has 0 spiro atoms. The number of carbonyl (C=O) groups is 1. The molecule has 19 heavy (non-hydrogen) atoms. The van der Waals surface area contributed by atoms with Crippen molar-refractivity contribution in [3.8, 4) is 0 Å². The largest absolute Gasteiger partial charge is 0.444 e. The Bertz CT molecular complexity index is 479. The summed E-state index contributed by atoms with van der Waals surface area (Å²) in [7, 11) is 1.86. The second-order valence-corrected chi connectivity index (χ2v) is 6.88. The maximum absolute atomic E-state index is 12.2. The van der Waals surface area contributed by atoms with Gasteiger partial charge in [0.1, 0.15) is 5.60 Å². The van der Waals surface area contributed by atoms with Gasteiger partial charge in [0.2, 0.25) is 0 Å². The first-order valence-electron chi connectivity index (χ1n) is 6.46. The van der Waals surface area contributed by atoms with Crippen LogP contribution < -0.4 is 5.32 Å². The fourth-order valence-electron chi connectivity index (χ4n) is 2.04. The maximum atomic E-state index is 12.2. The number of aromatic nitrogens is 1. The van der Waals surface area contributed by atoms with Gasteiger partial charge in [0.15, 0.2) is 5.13 Å². The summed E-state index contributed by atoms with van der Waals surface area (Å²) >= 11 is 1.60. The lowest BCUT2D eigenvalue weighted by atomic mass is 10.1. The molecule has 1 atom stereocenters. The molecule has 1 aromatic rings. The second-order valence-electron chi connectivity index (χ2n) is 5.80. The molecule has 2 heterocycles. The molecule has 0 saturated carbocycles. The summed E-state index contributed by atoms with van der Waals surface area (Å²) in [5.41, 5.74) is 0.641. The van der Waals surface area contributed by atoms with E-state index in [2.05, 4.69) is 10.3 Å². The molecular weight excluding hydrogens is 262 g/mol. The minimum atomic E-state index is -0.457. The number of carbonyl (C=O) groups excluding carboxylic acids is 1. The van der Waals surface area contributed by atoms with Crippen LogP contribution >= 0.6 is 11.3 Å². The minimum absolute atomic E-state index is 0.120. The second kappa shape index (κ2) is 5.00. The van der Waals surface area contributed by atoms with Crippen LogP contribution in [0.2, 0.25) is 0 Å². The zero-order valence-electron chi connectivity index (χ0n) is 12.1. The Hall–Kier alpha value is -1.30. The fourth-order valence-corrected chi connectivity index (χ4v) is 2.98. The number of ether oxygens (including phenoxy) is 1. The maximum Gasteiger partial charge on any atom is 0.410 e. The Morgan fingerprint density at radius 2 is 2.21 bits per heavy atom. The minimum Gasteiger partial charge on any atom is -0.444 e. The van der Waals surface area contributed by atoms with Gasteiger partial charge in [0.25, 0.3) is 0 Å². The van der Waals surface area contributed by atoms with E-state index in [9.17, 15) is 4.79 Å². The molecule has 1 amide bonds. The molecule has 1 aromatic heterocycles. The Morgan fingerprint density at radius 1 is 1.53 bits per heavy atom. The number of hydrogen-bond donors (Lipinski definition) is 1. The quantitative estimate of drug-likeness (QED) is 0.861. The van der Waals surface area contributed by atoms with Crippen LogP contribution in [0.25, 0.3) is 0 Å². The van der Waals surface area contributed by atoms with Gasteiger partial charge in [-0.15, -0.1) is 0 Å². The SMILES string of the molecule is CNc1nc2c(s1)CN(C(=O)OC(C)(C)C)[C@H](C)C2. The molecule has 1 aliphatic heterocycles. The first-order valence-corrected chi connectivity index (χ1v) is 7.28. The summed E-state index contributed by atoms with van der Waals surface area (Å²) in [4.78, 5) is 19.6. The van der Waals surface area contributed by atoms with E-state index in [0.29, 0.717) is 6.54 Å². The number of nitrogens with one attached hydrogen (secondary N) is 1. The van der Waals surface area contributed by atoms with Crippen molar-refractivity contribution in [2.45, 2.75) is 52.3 Å². The first kappa shape index (κ1) is 14.1. The van der Waals surface area contributed by atoms with E-state index >= 15 is 0 Å². The lowest BCUT2D eigenvalue weighted by molar-refractivity contribution is 0.0140. The molecule has 1 aliphatic rings. The molecule has 1 N–H and O–H groups in total. The molecule has 0 fully saturated rings. The third-order valence-electron chi connectivity index (χ3n) is 2.95. The summed E-state index contributed by atoms with van der Waals surface area (Å²) < 4.78 is 5.45. The number of anilines is 1. The zero-order valence-corrected chi connectivity index (χ0v) is 12.9. The van der Waals surface area contributed by atoms with E-state index < -0.39 is 5.60 Å². The number of fused-ring (bicyclic) bond motifs is 1. The summed E-state index contributed by atoms with van der Waals surface area (Å²) in [6.07, 6.45) is 0.539. The standard InChI is InChI=1S/C13H21N3O2S/c1-8-6-9-10(19-11(14-5)15-9)7-16(8)12(17)18-13(2,3)4/h8H,6-7H2,1-5H3,(H,14,15)/t8-/m1/s1. The highest BCUT2D eigenvalue weighted by atomic mass is 32.1. The topological polar surface area (TPSA) is 54.5 Å². The van der Waals surface area contributed by atoms with E-state index in [-0.39, 0.29) is 12.1 Å². The lowest BCUT2D eigenvalue weighted by Crippen LogP contribution is -2.44. The molecule has 0 aromatic carbocycles. The summed E-state index contributed by atoms with van der Waals surface area (Å²) in [6, 6.07) is 0.120. The van der Waals surface area contributed by atoms with Gasteiger partial charge in [-0.2, -0.15) is 0 Å². The van der Waals surface area contributed by atoms with Crippen molar-refractivity contribution in [3.63, 3.8) is 0 Å². The molecule has 6 heteroatoms. The molecular formula is C13H21N3O2S. The number of thiazole rings is 1. The van der Waals surface area contributed by atoms with Crippen LogP contribution in [0, 0.1) is 0 Å². The summed E-state index contributed by atoms with van der Waals surface area (Å²) in [5.74, 6) is 0. The van der Waals surface area contributed by atoms with E-state index in [4.69, 9.17) is 4.74 Å². The number of nitrogens with zero attached hydrogens (tertiary/aromatic N) is 2. The average molecular weight is 283 g/mol. The highest BCUT2D eigenvalue weighted by molar-refractivity contribution is 7.15. The Balaban J connectivity index is 2.14. The van der Waals surface area contributed by atoms with E-state index in [1.807, 2.05) is 34.7 Å². The van der Waals surface area contributed by atoms with Gasteiger partial charge in [-0.1, -0.05) is 11.3 Å². The molecule has 5 nitrogen and oxygen atoms in total. The molecule has 0 radical (unpaired) electrons. The highest BCUT2D eigenvalue weighted by Gasteiger charge is 2.32. The van der Waals surface area contributed by atoms with Crippen LogP contribution in [-0.2, 0) is 17.7 Å². The average Bonchev–Trinajstić information content (AvgIpc) is 2.67. The van der Waals surface area contributed by atoms with E-state index in [0.717, 1.165) is 22.1 Å². The Labute approximate surface area is 118 Å². The zero-order chi connectivity index (χ0) is 14.2. The molecule has 0 bridgehead atoms. The summed E-state index contributed by atoms with van der Waals surface area (Å²) in [5, 5.41) is 3.96. The van der Waals surface area contributed by atoms with Gasteiger partial charge in [-0.3, -0.25) is 4.90 Å². The van der Waals surface area contributed by atoms with Crippen LogP contribution in [0.4, 0.5) is 9.93 Å². The van der Waals surface area contributed by atoms with Crippen molar-refractivity contribution < 1.29 is 9.53 Å². The van der Waals surface area contributed by atoms with Gasteiger partial charge in [-0.05, 0) is 27.7 Å². The van der Waals surface area contributed by atoms with Crippen molar-refractivity contribution in [2.75, 3.05) is 12.4 Å². The molecule has 2 rings (SSSR count). The van der Waals surface area contributed by atoms with Crippen LogP contribution in [-0.4, -0.2) is 34.7 Å². The van der Waals surface area contributed by atoms with E-state index in [1.54, 1.807) is 16.2 Å². The van der Waals surface area contributed by atoms with Crippen LogP contribution in [0.15, 0.2) is 0 Å². The van der Waals surface area contributed by atoms with Crippen LogP contribution in [0.1, 0.15) is 38.3 Å². The number of hydrogen-bond acceptors (Lipinski definition) is 5. The molecule has 0 saturated heterocycles. The van der Waals surface area contributed by atoms with Gasteiger partial charge >= 0.3 is 6.09 Å².